The second-order valence-corrected chi connectivity index (χ2v) is 6.02. The molecule has 1 aliphatic rings. The quantitative estimate of drug-likeness (QED) is 0.835. The van der Waals surface area contributed by atoms with E-state index in [0.29, 0.717) is 18.0 Å². The number of carbonyl (C=O) groups is 2. The maximum Gasteiger partial charge on any atom is 0.354 e. The van der Waals surface area contributed by atoms with Crippen molar-refractivity contribution in [3.05, 3.63) is 29.6 Å². The Bertz CT molecular complexity index is 522. The molecular formula is C15H20N2O3. The molecule has 1 aromatic rings. The summed E-state index contributed by atoms with van der Waals surface area (Å²) in [5.41, 5.74) is 0.491. The maximum atomic E-state index is 12.0. The number of carboxylic acids is 1. The second-order valence-electron chi connectivity index (χ2n) is 6.02. The van der Waals surface area contributed by atoms with Gasteiger partial charge < -0.3 is 10.4 Å². The van der Waals surface area contributed by atoms with Gasteiger partial charge in [0.25, 0.3) is 5.91 Å². The van der Waals surface area contributed by atoms with Crippen molar-refractivity contribution in [1.82, 2.24) is 10.3 Å². The SMILES string of the molecule is CC(C)CC1(CNC(=O)c2ccnc(C(=O)O)c2)CC1. The van der Waals surface area contributed by atoms with Crippen LogP contribution in [0.3, 0.4) is 0 Å². The van der Waals surface area contributed by atoms with E-state index in [1.54, 1.807) is 0 Å². The van der Waals surface area contributed by atoms with Gasteiger partial charge in [0, 0.05) is 18.3 Å². The Morgan fingerprint density at radius 1 is 1.45 bits per heavy atom. The average molecular weight is 276 g/mol. The van der Waals surface area contributed by atoms with Crippen molar-refractivity contribution in [3.8, 4) is 0 Å². The highest BCUT2D eigenvalue weighted by atomic mass is 16.4. The maximum absolute atomic E-state index is 12.0. The lowest BCUT2D eigenvalue weighted by atomic mass is 9.94. The first-order valence-electron chi connectivity index (χ1n) is 6.89. The molecule has 0 unspecified atom stereocenters. The molecule has 5 heteroatoms. The molecule has 1 fully saturated rings. The molecule has 20 heavy (non-hydrogen) atoms. The molecule has 0 radical (unpaired) electrons. The van der Waals surface area contributed by atoms with Gasteiger partial charge >= 0.3 is 5.97 Å². The van der Waals surface area contributed by atoms with Crippen LogP contribution in [0.2, 0.25) is 0 Å². The van der Waals surface area contributed by atoms with Crippen molar-refractivity contribution in [1.29, 1.82) is 0 Å². The molecule has 1 aliphatic carbocycles. The third-order valence-corrected chi connectivity index (χ3v) is 3.66. The first-order chi connectivity index (χ1) is 9.42. The van der Waals surface area contributed by atoms with Gasteiger partial charge in [0.1, 0.15) is 5.69 Å². The molecule has 0 atom stereocenters. The monoisotopic (exact) mass is 276 g/mol. The van der Waals surface area contributed by atoms with Crippen LogP contribution in [0.25, 0.3) is 0 Å². The molecule has 0 aliphatic heterocycles. The highest BCUT2D eigenvalue weighted by molar-refractivity contribution is 5.96. The van der Waals surface area contributed by atoms with E-state index in [0.717, 1.165) is 19.3 Å². The van der Waals surface area contributed by atoms with E-state index in [4.69, 9.17) is 5.11 Å². The van der Waals surface area contributed by atoms with E-state index >= 15 is 0 Å². The van der Waals surface area contributed by atoms with Crippen molar-refractivity contribution >= 4 is 11.9 Å². The van der Waals surface area contributed by atoms with E-state index in [-0.39, 0.29) is 17.0 Å². The third-order valence-electron chi connectivity index (χ3n) is 3.66. The molecule has 5 nitrogen and oxygen atoms in total. The first-order valence-corrected chi connectivity index (χ1v) is 6.89. The molecule has 1 amide bonds. The summed E-state index contributed by atoms with van der Waals surface area (Å²) in [5, 5.41) is 11.8. The summed E-state index contributed by atoms with van der Waals surface area (Å²) < 4.78 is 0. The number of carbonyl (C=O) groups excluding carboxylic acids is 1. The Balaban J connectivity index is 1.95. The zero-order valence-electron chi connectivity index (χ0n) is 11.8. The number of rotatable bonds is 6. The summed E-state index contributed by atoms with van der Waals surface area (Å²) in [7, 11) is 0. The molecule has 1 aromatic heterocycles. The summed E-state index contributed by atoms with van der Waals surface area (Å²) in [5.74, 6) is -0.739. The number of pyridine rings is 1. The predicted molar refractivity (Wildman–Crippen MR) is 74.7 cm³/mol. The van der Waals surface area contributed by atoms with Crippen molar-refractivity contribution in [2.75, 3.05) is 6.54 Å². The van der Waals surface area contributed by atoms with Crippen molar-refractivity contribution in [2.45, 2.75) is 33.1 Å². The highest BCUT2D eigenvalue weighted by Crippen LogP contribution is 2.50. The zero-order chi connectivity index (χ0) is 14.8. The van der Waals surface area contributed by atoms with Gasteiger partial charge in [-0.25, -0.2) is 9.78 Å². The minimum Gasteiger partial charge on any atom is -0.477 e. The molecular weight excluding hydrogens is 256 g/mol. The number of carboxylic acid groups (broad SMARTS) is 1. The molecule has 0 bridgehead atoms. The van der Waals surface area contributed by atoms with Crippen LogP contribution in [0.4, 0.5) is 0 Å². The lowest BCUT2D eigenvalue weighted by Gasteiger charge is -2.18. The number of amides is 1. The predicted octanol–water partition coefficient (Wildman–Crippen LogP) is 2.34. The van der Waals surface area contributed by atoms with Crippen LogP contribution in [-0.4, -0.2) is 28.5 Å². The third kappa shape index (κ3) is 3.56. The summed E-state index contributed by atoms with van der Waals surface area (Å²) in [4.78, 5) is 26.6. The number of nitrogens with one attached hydrogen (secondary N) is 1. The minimum atomic E-state index is -1.13. The molecule has 2 N–H and O–H groups in total. The molecule has 1 saturated carbocycles. The fraction of sp³-hybridized carbons (Fsp3) is 0.533. The van der Waals surface area contributed by atoms with Gasteiger partial charge in [-0.2, -0.15) is 0 Å². The lowest BCUT2D eigenvalue weighted by molar-refractivity contribution is 0.0690. The number of hydrogen-bond donors (Lipinski definition) is 2. The van der Waals surface area contributed by atoms with Gasteiger partial charge in [0.15, 0.2) is 0 Å². The number of aromatic carboxylic acids is 1. The van der Waals surface area contributed by atoms with Gasteiger partial charge in [-0.3, -0.25) is 4.79 Å². The molecule has 1 heterocycles. The van der Waals surface area contributed by atoms with Crippen molar-refractivity contribution in [2.24, 2.45) is 11.3 Å². The number of nitrogens with zero attached hydrogens (tertiary/aromatic N) is 1. The standard InChI is InChI=1S/C15H20N2O3/c1-10(2)8-15(4-5-15)9-17-13(18)11-3-6-16-12(7-11)14(19)20/h3,6-7,10H,4-5,8-9H2,1-2H3,(H,17,18)(H,19,20). The van der Waals surface area contributed by atoms with Crippen LogP contribution >= 0.6 is 0 Å². The molecule has 108 valence electrons. The number of hydrogen-bond acceptors (Lipinski definition) is 3. The Kier molecular flexibility index (Phi) is 4.06. The largest absolute Gasteiger partial charge is 0.477 e. The van der Waals surface area contributed by atoms with Gasteiger partial charge in [0.2, 0.25) is 0 Å². The minimum absolute atomic E-state index is 0.110. The lowest BCUT2D eigenvalue weighted by Crippen LogP contribution is -2.31. The topological polar surface area (TPSA) is 79.3 Å². The first kappa shape index (κ1) is 14.5. The summed E-state index contributed by atoms with van der Waals surface area (Å²) in [6.07, 6.45) is 4.77. The van der Waals surface area contributed by atoms with Crippen LogP contribution in [0.5, 0.6) is 0 Å². The summed E-state index contributed by atoms with van der Waals surface area (Å²) in [6, 6.07) is 2.84. The summed E-state index contributed by atoms with van der Waals surface area (Å²) in [6.45, 7) is 5.03. The van der Waals surface area contributed by atoms with Crippen LogP contribution in [-0.2, 0) is 0 Å². The Morgan fingerprint density at radius 3 is 2.70 bits per heavy atom. The van der Waals surface area contributed by atoms with Crippen LogP contribution in [0.1, 0.15) is 54.0 Å². The van der Waals surface area contributed by atoms with Crippen LogP contribution < -0.4 is 5.32 Å². The van der Waals surface area contributed by atoms with Crippen molar-refractivity contribution in [3.63, 3.8) is 0 Å². The normalized spacial score (nSPS) is 15.9. The van der Waals surface area contributed by atoms with Crippen LogP contribution in [0.15, 0.2) is 18.3 Å². The molecule has 0 spiro atoms. The Hall–Kier alpha value is -1.91. The average Bonchev–Trinajstić information content (AvgIpc) is 3.15. The Morgan fingerprint density at radius 2 is 2.15 bits per heavy atom. The van der Waals surface area contributed by atoms with Gasteiger partial charge in [-0.05, 0) is 42.7 Å². The summed E-state index contributed by atoms with van der Waals surface area (Å²) >= 11 is 0. The molecule has 2 rings (SSSR count). The van der Waals surface area contributed by atoms with Gasteiger partial charge in [0.05, 0.1) is 0 Å². The molecule has 0 saturated heterocycles. The second kappa shape index (κ2) is 5.61. The van der Waals surface area contributed by atoms with Crippen molar-refractivity contribution < 1.29 is 14.7 Å². The van der Waals surface area contributed by atoms with E-state index in [2.05, 4.69) is 24.1 Å². The highest BCUT2D eigenvalue weighted by Gasteiger charge is 2.42. The smallest absolute Gasteiger partial charge is 0.354 e. The van der Waals surface area contributed by atoms with E-state index in [1.165, 1.54) is 18.3 Å². The van der Waals surface area contributed by atoms with E-state index in [1.807, 2.05) is 0 Å². The van der Waals surface area contributed by atoms with E-state index in [9.17, 15) is 9.59 Å². The zero-order valence-corrected chi connectivity index (χ0v) is 11.8. The fourth-order valence-corrected chi connectivity index (χ4v) is 2.55. The van der Waals surface area contributed by atoms with Gasteiger partial charge in [-0.15, -0.1) is 0 Å². The fourth-order valence-electron chi connectivity index (χ4n) is 2.55. The van der Waals surface area contributed by atoms with Crippen LogP contribution in [0, 0.1) is 11.3 Å². The molecule has 0 aromatic carbocycles. The number of aromatic nitrogens is 1. The van der Waals surface area contributed by atoms with E-state index < -0.39 is 5.97 Å². The van der Waals surface area contributed by atoms with Gasteiger partial charge in [-0.1, -0.05) is 13.8 Å². The Labute approximate surface area is 118 Å².